The van der Waals surface area contributed by atoms with Gasteiger partial charge in [0, 0.05) is 6.61 Å². The fraction of sp³-hybridized carbons (Fsp3) is 1.00. The molecule has 0 radical (unpaired) electrons. The number of hydrogen-bond acceptors (Lipinski definition) is 2. The molecule has 0 aromatic heterocycles. The van der Waals surface area contributed by atoms with E-state index in [9.17, 15) is 0 Å². The molecule has 3 heteroatoms. The SMILES string of the molecule is CC(C)(C)O[C@@H]1OCCC[C@H]1Cl. The molecule has 1 saturated heterocycles. The van der Waals surface area contributed by atoms with Crippen molar-refractivity contribution in [1.29, 1.82) is 0 Å². The molecule has 0 amide bonds. The van der Waals surface area contributed by atoms with Gasteiger partial charge in [0.1, 0.15) is 0 Å². The van der Waals surface area contributed by atoms with Gasteiger partial charge in [0.05, 0.1) is 11.0 Å². The number of alkyl halides is 1. The molecule has 1 aliphatic heterocycles. The van der Waals surface area contributed by atoms with Crippen LogP contribution in [-0.4, -0.2) is 23.9 Å². The highest BCUT2D eigenvalue weighted by atomic mass is 35.5. The Balaban J connectivity index is 2.39. The minimum Gasteiger partial charge on any atom is -0.351 e. The summed E-state index contributed by atoms with van der Waals surface area (Å²) < 4.78 is 11.0. The molecule has 0 N–H and O–H groups in total. The van der Waals surface area contributed by atoms with Gasteiger partial charge in [0.15, 0.2) is 6.29 Å². The highest BCUT2D eigenvalue weighted by Crippen LogP contribution is 2.24. The largest absolute Gasteiger partial charge is 0.351 e. The van der Waals surface area contributed by atoms with Crippen LogP contribution in [0.15, 0.2) is 0 Å². The van der Waals surface area contributed by atoms with Gasteiger partial charge < -0.3 is 9.47 Å². The van der Waals surface area contributed by atoms with Crippen LogP contribution < -0.4 is 0 Å². The van der Waals surface area contributed by atoms with Crippen molar-refractivity contribution in [1.82, 2.24) is 0 Å². The van der Waals surface area contributed by atoms with Gasteiger partial charge in [-0.2, -0.15) is 0 Å². The summed E-state index contributed by atoms with van der Waals surface area (Å²) in [6.07, 6.45) is 1.81. The van der Waals surface area contributed by atoms with Crippen molar-refractivity contribution in [2.75, 3.05) is 6.61 Å². The molecule has 1 aliphatic rings. The highest BCUT2D eigenvalue weighted by molar-refractivity contribution is 6.20. The van der Waals surface area contributed by atoms with Gasteiger partial charge in [-0.05, 0) is 33.6 Å². The molecule has 0 aromatic carbocycles. The second kappa shape index (κ2) is 3.95. The van der Waals surface area contributed by atoms with Crippen LogP contribution in [0.25, 0.3) is 0 Å². The monoisotopic (exact) mass is 192 g/mol. The minimum atomic E-state index is -0.222. The molecule has 1 rings (SSSR count). The molecule has 0 bridgehead atoms. The zero-order valence-corrected chi connectivity index (χ0v) is 8.73. The average molecular weight is 193 g/mol. The Labute approximate surface area is 79.2 Å². The Morgan fingerprint density at radius 2 is 2.08 bits per heavy atom. The van der Waals surface area contributed by atoms with Crippen molar-refractivity contribution in [2.24, 2.45) is 0 Å². The number of hydrogen-bond donors (Lipinski definition) is 0. The molecule has 12 heavy (non-hydrogen) atoms. The molecule has 2 atom stereocenters. The van der Waals surface area contributed by atoms with E-state index in [1.54, 1.807) is 0 Å². The Kier molecular flexibility index (Phi) is 3.38. The van der Waals surface area contributed by atoms with Crippen molar-refractivity contribution in [3.05, 3.63) is 0 Å². The van der Waals surface area contributed by atoms with E-state index in [1.807, 2.05) is 20.8 Å². The summed E-state index contributed by atoms with van der Waals surface area (Å²) in [6.45, 7) is 6.79. The second-order valence-electron chi connectivity index (χ2n) is 4.13. The summed E-state index contributed by atoms with van der Waals surface area (Å²) in [7, 11) is 0. The van der Waals surface area contributed by atoms with E-state index < -0.39 is 0 Å². The summed E-state index contributed by atoms with van der Waals surface area (Å²) in [5, 5.41) is 0.0120. The Morgan fingerprint density at radius 1 is 1.42 bits per heavy atom. The lowest BCUT2D eigenvalue weighted by molar-refractivity contribution is -0.207. The van der Waals surface area contributed by atoms with Gasteiger partial charge in [0.2, 0.25) is 0 Å². The lowest BCUT2D eigenvalue weighted by Crippen LogP contribution is -2.38. The van der Waals surface area contributed by atoms with Gasteiger partial charge in [-0.15, -0.1) is 11.6 Å². The van der Waals surface area contributed by atoms with Gasteiger partial charge in [0.25, 0.3) is 0 Å². The normalized spacial score (nSPS) is 32.0. The average Bonchev–Trinajstić information content (AvgIpc) is 1.91. The third-order valence-electron chi connectivity index (χ3n) is 1.67. The maximum atomic E-state index is 6.04. The zero-order valence-electron chi connectivity index (χ0n) is 7.97. The van der Waals surface area contributed by atoms with Crippen LogP contribution in [0.2, 0.25) is 0 Å². The summed E-state index contributed by atoms with van der Waals surface area (Å²) in [5.74, 6) is 0. The quantitative estimate of drug-likeness (QED) is 0.595. The lowest BCUT2D eigenvalue weighted by Gasteiger charge is -2.33. The minimum absolute atomic E-state index is 0.0120. The van der Waals surface area contributed by atoms with Crippen LogP contribution in [0.4, 0.5) is 0 Å². The van der Waals surface area contributed by atoms with Gasteiger partial charge in [-0.1, -0.05) is 0 Å². The molecule has 0 saturated carbocycles. The van der Waals surface area contributed by atoms with Crippen LogP contribution in [0.1, 0.15) is 33.6 Å². The van der Waals surface area contributed by atoms with Crippen molar-refractivity contribution in [3.8, 4) is 0 Å². The predicted molar refractivity (Wildman–Crippen MR) is 49.5 cm³/mol. The molecule has 1 heterocycles. The first-order chi connectivity index (χ1) is 5.49. The van der Waals surface area contributed by atoms with E-state index in [0.717, 1.165) is 19.4 Å². The van der Waals surface area contributed by atoms with Gasteiger partial charge >= 0.3 is 0 Å². The fourth-order valence-corrected chi connectivity index (χ4v) is 1.45. The van der Waals surface area contributed by atoms with E-state index in [0.29, 0.717) is 0 Å². The topological polar surface area (TPSA) is 18.5 Å². The summed E-state index contributed by atoms with van der Waals surface area (Å²) >= 11 is 6.04. The molecule has 0 aromatic rings. The summed E-state index contributed by atoms with van der Waals surface area (Å²) in [5.41, 5.74) is -0.171. The van der Waals surface area contributed by atoms with Crippen LogP contribution >= 0.6 is 11.6 Å². The molecule has 2 nitrogen and oxygen atoms in total. The maximum Gasteiger partial charge on any atom is 0.174 e. The number of rotatable bonds is 1. The van der Waals surface area contributed by atoms with E-state index in [2.05, 4.69) is 0 Å². The number of halogens is 1. The predicted octanol–water partition coefficient (Wildman–Crippen LogP) is 2.55. The molecular formula is C9H17ClO2. The lowest BCUT2D eigenvalue weighted by atomic mass is 10.1. The Hall–Kier alpha value is 0.210. The molecule has 72 valence electrons. The first-order valence-electron chi connectivity index (χ1n) is 4.42. The Morgan fingerprint density at radius 3 is 2.58 bits per heavy atom. The van der Waals surface area contributed by atoms with Gasteiger partial charge in [-0.25, -0.2) is 0 Å². The maximum absolute atomic E-state index is 6.04. The Bertz CT molecular complexity index is 142. The van der Waals surface area contributed by atoms with E-state index in [-0.39, 0.29) is 17.3 Å². The molecule has 0 aliphatic carbocycles. The molecule has 0 unspecified atom stereocenters. The van der Waals surface area contributed by atoms with Crippen LogP contribution in [0, 0.1) is 0 Å². The summed E-state index contributed by atoms with van der Waals surface area (Å²) in [6, 6.07) is 0. The van der Waals surface area contributed by atoms with Crippen LogP contribution in [0.5, 0.6) is 0 Å². The molecular weight excluding hydrogens is 176 g/mol. The fourth-order valence-electron chi connectivity index (χ4n) is 1.17. The van der Waals surface area contributed by atoms with Crippen molar-refractivity contribution < 1.29 is 9.47 Å². The van der Waals surface area contributed by atoms with Crippen LogP contribution in [0.3, 0.4) is 0 Å². The first-order valence-corrected chi connectivity index (χ1v) is 4.86. The van der Waals surface area contributed by atoms with E-state index in [4.69, 9.17) is 21.1 Å². The van der Waals surface area contributed by atoms with E-state index in [1.165, 1.54) is 0 Å². The molecule has 0 spiro atoms. The standard InChI is InChI=1S/C9H17ClO2/c1-9(2,3)12-8-7(10)5-4-6-11-8/h7-8H,4-6H2,1-3H3/t7-,8+/m1/s1. The molecule has 1 fully saturated rings. The zero-order chi connectivity index (χ0) is 9.19. The van der Waals surface area contributed by atoms with Crippen molar-refractivity contribution in [2.45, 2.75) is 50.9 Å². The third kappa shape index (κ3) is 3.30. The number of ether oxygens (including phenoxy) is 2. The van der Waals surface area contributed by atoms with Crippen LogP contribution in [-0.2, 0) is 9.47 Å². The smallest absolute Gasteiger partial charge is 0.174 e. The third-order valence-corrected chi connectivity index (χ3v) is 2.10. The first kappa shape index (κ1) is 10.3. The van der Waals surface area contributed by atoms with Crippen molar-refractivity contribution in [3.63, 3.8) is 0 Å². The highest BCUT2D eigenvalue weighted by Gasteiger charge is 2.28. The second-order valence-corrected chi connectivity index (χ2v) is 4.69. The van der Waals surface area contributed by atoms with Crippen molar-refractivity contribution >= 4 is 11.6 Å². The summed E-state index contributed by atoms with van der Waals surface area (Å²) in [4.78, 5) is 0. The van der Waals surface area contributed by atoms with E-state index >= 15 is 0 Å². The van der Waals surface area contributed by atoms with Gasteiger partial charge in [-0.3, -0.25) is 0 Å².